The predicted octanol–water partition coefficient (Wildman–Crippen LogP) is 3.71. The molecule has 0 aliphatic carbocycles. The average Bonchev–Trinajstić information content (AvgIpc) is 2.70. The van der Waals surface area contributed by atoms with E-state index in [1.807, 2.05) is 66.7 Å². The van der Waals surface area contributed by atoms with Crippen molar-refractivity contribution in [3.8, 4) is 5.75 Å². The van der Waals surface area contributed by atoms with Gasteiger partial charge < -0.3 is 15.2 Å². The standard InChI is InChI=1S/C22H21NO3/c1-26-20-11-10-17-8-9-18(13-19(17)14-20)21(15-24)23-22(25)12-7-16-5-3-2-4-6-16/h2-14,21,24H,15H2,1H3,(H,23,25)/t21-/m0/s1. The van der Waals surface area contributed by atoms with E-state index < -0.39 is 6.04 Å². The molecule has 0 heterocycles. The van der Waals surface area contributed by atoms with Crippen LogP contribution in [0.2, 0.25) is 0 Å². The van der Waals surface area contributed by atoms with Gasteiger partial charge in [0.2, 0.25) is 5.91 Å². The van der Waals surface area contributed by atoms with Gasteiger partial charge in [-0.1, -0.05) is 48.5 Å². The minimum atomic E-state index is -0.474. The summed E-state index contributed by atoms with van der Waals surface area (Å²) in [4.78, 5) is 12.2. The van der Waals surface area contributed by atoms with Crippen LogP contribution in [0.5, 0.6) is 5.75 Å². The smallest absolute Gasteiger partial charge is 0.244 e. The van der Waals surface area contributed by atoms with Gasteiger partial charge in [-0.2, -0.15) is 0 Å². The van der Waals surface area contributed by atoms with E-state index >= 15 is 0 Å². The minimum Gasteiger partial charge on any atom is -0.497 e. The number of benzene rings is 3. The van der Waals surface area contributed by atoms with Crippen molar-refractivity contribution in [2.75, 3.05) is 13.7 Å². The molecule has 26 heavy (non-hydrogen) atoms. The van der Waals surface area contributed by atoms with Crippen molar-refractivity contribution in [1.82, 2.24) is 5.32 Å². The molecule has 0 fully saturated rings. The first-order valence-corrected chi connectivity index (χ1v) is 8.42. The normalized spacial score (nSPS) is 12.2. The van der Waals surface area contributed by atoms with Gasteiger partial charge in [-0.3, -0.25) is 4.79 Å². The van der Waals surface area contributed by atoms with Gasteiger partial charge in [0, 0.05) is 6.08 Å². The lowest BCUT2D eigenvalue weighted by Gasteiger charge is -2.16. The van der Waals surface area contributed by atoms with E-state index in [-0.39, 0.29) is 12.5 Å². The van der Waals surface area contributed by atoms with Gasteiger partial charge in [0.1, 0.15) is 5.75 Å². The lowest BCUT2D eigenvalue weighted by atomic mass is 10.0. The molecule has 0 aliphatic rings. The van der Waals surface area contributed by atoms with E-state index in [1.54, 1.807) is 13.2 Å². The number of carbonyl (C=O) groups is 1. The van der Waals surface area contributed by atoms with Crippen LogP contribution in [-0.2, 0) is 4.79 Å². The van der Waals surface area contributed by atoms with Crippen LogP contribution in [0.15, 0.2) is 72.8 Å². The number of aliphatic hydroxyl groups is 1. The molecular formula is C22H21NO3. The Balaban J connectivity index is 1.76. The molecule has 0 aromatic heterocycles. The summed E-state index contributed by atoms with van der Waals surface area (Å²) in [5.41, 5.74) is 1.79. The first-order valence-electron chi connectivity index (χ1n) is 8.42. The number of methoxy groups -OCH3 is 1. The second-order valence-corrected chi connectivity index (χ2v) is 5.96. The molecule has 2 N–H and O–H groups in total. The van der Waals surface area contributed by atoms with Crippen LogP contribution in [0.1, 0.15) is 17.2 Å². The fourth-order valence-electron chi connectivity index (χ4n) is 2.78. The third-order valence-electron chi connectivity index (χ3n) is 4.20. The topological polar surface area (TPSA) is 58.6 Å². The average molecular weight is 347 g/mol. The van der Waals surface area contributed by atoms with Gasteiger partial charge in [-0.05, 0) is 46.2 Å². The Kier molecular flexibility index (Phi) is 5.66. The molecular weight excluding hydrogens is 326 g/mol. The zero-order chi connectivity index (χ0) is 18.4. The quantitative estimate of drug-likeness (QED) is 0.668. The summed E-state index contributed by atoms with van der Waals surface area (Å²) < 4.78 is 5.26. The van der Waals surface area contributed by atoms with Gasteiger partial charge in [-0.25, -0.2) is 0 Å². The molecule has 132 valence electrons. The van der Waals surface area contributed by atoms with Crippen LogP contribution in [0.25, 0.3) is 16.8 Å². The Labute approximate surface area is 152 Å². The molecule has 0 bridgehead atoms. The number of hydrogen-bond donors (Lipinski definition) is 2. The number of carbonyl (C=O) groups excluding carboxylic acids is 1. The highest BCUT2D eigenvalue weighted by Gasteiger charge is 2.13. The lowest BCUT2D eigenvalue weighted by molar-refractivity contribution is -0.117. The van der Waals surface area contributed by atoms with Gasteiger partial charge in [0.15, 0.2) is 0 Å². The van der Waals surface area contributed by atoms with Crippen molar-refractivity contribution in [2.45, 2.75) is 6.04 Å². The van der Waals surface area contributed by atoms with Crippen molar-refractivity contribution in [3.05, 3.63) is 83.9 Å². The van der Waals surface area contributed by atoms with E-state index in [1.165, 1.54) is 6.08 Å². The number of amides is 1. The largest absolute Gasteiger partial charge is 0.497 e. The summed E-state index contributed by atoms with van der Waals surface area (Å²) in [5, 5.41) is 14.6. The first kappa shape index (κ1) is 17.7. The molecule has 4 nitrogen and oxygen atoms in total. The Morgan fingerprint density at radius 1 is 1.08 bits per heavy atom. The van der Waals surface area contributed by atoms with Crippen LogP contribution >= 0.6 is 0 Å². The third kappa shape index (κ3) is 4.29. The monoisotopic (exact) mass is 347 g/mol. The van der Waals surface area contributed by atoms with E-state index in [9.17, 15) is 9.90 Å². The highest BCUT2D eigenvalue weighted by Crippen LogP contribution is 2.24. The Bertz CT molecular complexity index is 919. The number of aliphatic hydroxyl groups excluding tert-OH is 1. The van der Waals surface area contributed by atoms with E-state index in [4.69, 9.17) is 4.74 Å². The summed E-state index contributed by atoms with van der Waals surface area (Å²) >= 11 is 0. The number of fused-ring (bicyclic) bond motifs is 1. The maximum absolute atomic E-state index is 12.2. The molecule has 3 aromatic carbocycles. The highest BCUT2D eigenvalue weighted by molar-refractivity contribution is 5.92. The molecule has 0 radical (unpaired) electrons. The highest BCUT2D eigenvalue weighted by atomic mass is 16.5. The molecule has 3 aromatic rings. The summed E-state index contributed by atoms with van der Waals surface area (Å²) in [6.45, 7) is -0.180. The van der Waals surface area contributed by atoms with Crippen molar-refractivity contribution >= 4 is 22.8 Å². The number of hydrogen-bond acceptors (Lipinski definition) is 3. The van der Waals surface area contributed by atoms with Crippen molar-refractivity contribution in [2.24, 2.45) is 0 Å². The molecule has 3 rings (SSSR count). The Hall–Kier alpha value is -3.11. The fourth-order valence-corrected chi connectivity index (χ4v) is 2.78. The maximum Gasteiger partial charge on any atom is 0.244 e. The Morgan fingerprint density at radius 3 is 2.58 bits per heavy atom. The zero-order valence-corrected chi connectivity index (χ0v) is 14.6. The summed E-state index contributed by atoms with van der Waals surface area (Å²) in [7, 11) is 1.63. The first-order chi connectivity index (χ1) is 12.7. The van der Waals surface area contributed by atoms with E-state index in [0.29, 0.717) is 0 Å². The van der Waals surface area contributed by atoms with Crippen molar-refractivity contribution < 1.29 is 14.6 Å². The van der Waals surface area contributed by atoms with Gasteiger partial charge in [-0.15, -0.1) is 0 Å². The van der Waals surface area contributed by atoms with Crippen molar-refractivity contribution in [3.63, 3.8) is 0 Å². The van der Waals surface area contributed by atoms with Crippen molar-refractivity contribution in [1.29, 1.82) is 0 Å². The molecule has 1 amide bonds. The molecule has 4 heteroatoms. The van der Waals surface area contributed by atoms with Gasteiger partial charge in [0.05, 0.1) is 19.8 Å². The summed E-state index contributed by atoms with van der Waals surface area (Å²) in [5.74, 6) is 0.517. The molecule has 0 saturated carbocycles. The third-order valence-corrected chi connectivity index (χ3v) is 4.20. The molecule has 0 saturated heterocycles. The predicted molar refractivity (Wildman–Crippen MR) is 104 cm³/mol. The summed E-state index contributed by atoms with van der Waals surface area (Å²) in [6, 6.07) is 20.8. The van der Waals surface area contributed by atoms with Crippen LogP contribution in [0.3, 0.4) is 0 Å². The van der Waals surface area contributed by atoms with Crippen LogP contribution in [0.4, 0.5) is 0 Å². The van der Waals surface area contributed by atoms with E-state index in [0.717, 1.165) is 27.6 Å². The second kappa shape index (κ2) is 8.32. The zero-order valence-electron chi connectivity index (χ0n) is 14.6. The Morgan fingerprint density at radius 2 is 1.85 bits per heavy atom. The maximum atomic E-state index is 12.2. The molecule has 0 spiro atoms. The van der Waals surface area contributed by atoms with Crippen LogP contribution in [0, 0.1) is 0 Å². The van der Waals surface area contributed by atoms with E-state index in [2.05, 4.69) is 5.32 Å². The number of rotatable bonds is 6. The van der Waals surface area contributed by atoms with Crippen LogP contribution < -0.4 is 10.1 Å². The van der Waals surface area contributed by atoms with Crippen LogP contribution in [-0.4, -0.2) is 24.7 Å². The molecule has 1 atom stereocenters. The number of nitrogens with one attached hydrogen (secondary N) is 1. The fraction of sp³-hybridized carbons (Fsp3) is 0.136. The molecule has 0 unspecified atom stereocenters. The van der Waals surface area contributed by atoms with Gasteiger partial charge in [0.25, 0.3) is 0 Å². The molecule has 0 aliphatic heterocycles. The van der Waals surface area contributed by atoms with Gasteiger partial charge >= 0.3 is 0 Å². The number of ether oxygens (including phenoxy) is 1. The lowest BCUT2D eigenvalue weighted by Crippen LogP contribution is -2.29. The minimum absolute atomic E-state index is 0.180. The SMILES string of the molecule is COc1ccc2ccc([C@H](CO)NC(=O)C=Cc3ccccc3)cc2c1. The second-order valence-electron chi connectivity index (χ2n) is 5.96. The summed E-state index contributed by atoms with van der Waals surface area (Å²) in [6.07, 6.45) is 3.22.